The molecule has 0 aromatic heterocycles. The van der Waals surface area contributed by atoms with Gasteiger partial charge >= 0.3 is 0 Å². The van der Waals surface area contributed by atoms with Crippen LogP contribution in [-0.4, -0.2) is 24.8 Å². The molecule has 0 saturated carbocycles. The van der Waals surface area contributed by atoms with Gasteiger partial charge in [0.2, 0.25) is 0 Å². The molecule has 0 aliphatic carbocycles. The molecule has 3 rings (SSSR count). The van der Waals surface area contributed by atoms with Crippen molar-refractivity contribution in [3.05, 3.63) is 59.7 Å². The van der Waals surface area contributed by atoms with E-state index in [1.165, 1.54) is 6.07 Å². The lowest BCUT2D eigenvalue weighted by molar-refractivity contribution is 0.353. The molecular formula is C18H21NO3S. The number of rotatable bonds is 2. The number of phenolic OH excluding ortho intramolecular Hbond substituents is 1. The van der Waals surface area contributed by atoms with Crippen molar-refractivity contribution in [1.29, 1.82) is 0 Å². The van der Waals surface area contributed by atoms with E-state index in [-0.39, 0.29) is 22.4 Å². The summed E-state index contributed by atoms with van der Waals surface area (Å²) in [5.74, 6) is -0.0183. The van der Waals surface area contributed by atoms with Gasteiger partial charge in [0.05, 0.1) is 16.7 Å². The first-order chi connectivity index (χ1) is 10.8. The molecule has 2 N–H and O–H groups in total. The molecule has 4 nitrogen and oxygen atoms in total. The van der Waals surface area contributed by atoms with Gasteiger partial charge in [-0.05, 0) is 36.6 Å². The van der Waals surface area contributed by atoms with Crippen molar-refractivity contribution in [2.75, 3.05) is 5.75 Å². The predicted octanol–water partition coefficient (Wildman–Crippen LogP) is 3.03. The Morgan fingerprint density at radius 3 is 2.57 bits per heavy atom. The fourth-order valence-electron chi connectivity index (χ4n) is 3.11. The minimum Gasteiger partial charge on any atom is -0.508 e. The topological polar surface area (TPSA) is 66.4 Å². The number of nitrogens with one attached hydrogen (secondary N) is 1. The molecule has 5 heteroatoms. The van der Waals surface area contributed by atoms with Crippen LogP contribution < -0.4 is 5.32 Å². The van der Waals surface area contributed by atoms with Crippen LogP contribution in [0.5, 0.6) is 5.75 Å². The maximum atomic E-state index is 12.8. The van der Waals surface area contributed by atoms with E-state index < -0.39 is 15.4 Å². The first-order valence-electron chi connectivity index (χ1n) is 7.73. The van der Waals surface area contributed by atoms with Crippen LogP contribution in [0.2, 0.25) is 0 Å². The van der Waals surface area contributed by atoms with E-state index >= 15 is 0 Å². The normalized spacial score (nSPS) is 26.3. The molecule has 0 fully saturated rings. The molecule has 122 valence electrons. The van der Waals surface area contributed by atoms with E-state index in [1.54, 1.807) is 12.1 Å². The molecule has 0 spiro atoms. The number of fused-ring (bicyclic) bond motifs is 1. The van der Waals surface area contributed by atoms with Crippen LogP contribution in [0.25, 0.3) is 0 Å². The summed E-state index contributed by atoms with van der Waals surface area (Å²) in [6.45, 7) is 3.92. The Morgan fingerprint density at radius 1 is 1.22 bits per heavy atom. The summed E-state index contributed by atoms with van der Waals surface area (Å²) in [4.78, 5) is 0.219. The monoisotopic (exact) mass is 331 g/mol. The molecule has 23 heavy (non-hydrogen) atoms. The summed E-state index contributed by atoms with van der Waals surface area (Å²) in [5.41, 5.74) is 1.16. The Kier molecular flexibility index (Phi) is 3.94. The molecule has 2 aromatic rings. The van der Waals surface area contributed by atoms with Crippen LogP contribution in [0.1, 0.15) is 37.4 Å². The molecular weight excluding hydrogens is 310 g/mol. The van der Waals surface area contributed by atoms with E-state index in [4.69, 9.17) is 0 Å². The summed E-state index contributed by atoms with van der Waals surface area (Å²) in [5, 5.41) is 13.3. The maximum Gasteiger partial charge on any atom is 0.180 e. The highest BCUT2D eigenvalue weighted by atomic mass is 32.2. The number of aromatic hydroxyl groups is 1. The Bertz CT molecular complexity index is 817. The second-order valence-electron chi connectivity index (χ2n) is 6.38. The third kappa shape index (κ3) is 2.99. The average molecular weight is 331 g/mol. The van der Waals surface area contributed by atoms with E-state index in [0.29, 0.717) is 12.0 Å². The summed E-state index contributed by atoms with van der Waals surface area (Å²) in [6.07, 6.45) is 0.690. The second-order valence-corrected chi connectivity index (χ2v) is 8.34. The SMILES string of the molecule is CCC1(C)CS(=O)(=O)c2cc(O)ccc2C(c2ccccc2)N1. The van der Waals surface area contributed by atoms with Crippen molar-refractivity contribution in [3.63, 3.8) is 0 Å². The summed E-state index contributed by atoms with van der Waals surface area (Å²) >= 11 is 0. The maximum absolute atomic E-state index is 12.8. The zero-order chi connectivity index (χ0) is 16.7. The first-order valence-corrected chi connectivity index (χ1v) is 9.38. The molecule has 2 aromatic carbocycles. The van der Waals surface area contributed by atoms with Crippen molar-refractivity contribution in [2.45, 2.75) is 36.7 Å². The number of sulfone groups is 1. The van der Waals surface area contributed by atoms with Crippen molar-refractivity contribution >= 4 is 9.84 Å². The van der Waals surface area contributed by atoms with Gasteiger partial charge in [-0.15, -0.1) is 0 Å². The molecule has 1 heterocycles. The van der Waals surface area contributed by atoms with Crippen LogP contribution in [0.3, 0.4) is 0 Å². The van der Waals surface area contributed by atoms with Gasteiger partial charge < -0.3 is 5.11 Å². The number of phenols is 1. The standard InChI is InChI=1S/C18H21NO3S/c1-3-18(2)12-23(21,22)16-11-14(20)9-10-15(16)17(19-18)13-7-5-4-6-8-13/h4-11,17,19-20H,3,12H2,1-2H3. The predicted molar refractivity (Wildman–Crippen MR) is 90.3 cm³/mol. The van der Waals surface area contributed by atoms with Crippen LogP contribution in [0, 0.1) is 0 Å². The second kappa shape index (κ2) is 5.65. The molecule has 1 aliphatic heterocycles. The lowest BCUT2D eigenvalue weighted by atomic mass is 9.93. The van der Waals surface area contributed by atoms with Crippen LogP contribution >= 0.6 is 0 Å². The highest BCUT2D eigenvalue weighted by Crippen LogP contribution is 2.37. The Morgan fingerprint density at radius 2 is 1.91 bits per heavy atom. The molecule has 1 aliphatic rings. The quantitative estimate of drug-likeness (QED) is 0.888. The zero-order valence-corrected chi connectivity index (χ0v) is 14.1. The minimum atomic E-state index is -3.48. The first kappa shape index (κ1) is 16.0. The summed E-state index contributed by atoms with van der Waals surface area (Å²) < 4.78 is 25.7. The van der Waals surface area contributed by atoms with Crippen LogP contribution in [0.15, 0.2) is 53.4 Å². The Hall–Kier alpha value is -1.85. The van der Waals surface area contributed by atoms with Gasteiger partial charge in [0.25, 0.3) is 0 Å². The lowest BCUT2D eigenvalue weighted by Gasteiger charge is -2.31. The number of benzene rings is 2. The van der Waals surface area contributed by atoms with E-state index in [0.717, 1.165) is 5.56 Å². The van der Waals surface area contributed by atoms with Crippen LogP contribution in [0.4, 0.5) is 0 Å². The minimum absolute atomic E-state index is 0.0102. The summed E-state index contributed by atoms with van der Waals surface area (Å²) in [6, 6.07) is 14.2. The smallest absolute Gasteiger partial charge is 0.180 e. The van der Waals surface area contributed by atoms with E-state index in [2.05, 4.69) is 5.32 Å². The fraction of sp³-hybridized carbons (Fsp3) is 0.333. The molecule has 0 amide bonds. The Balaban J connectivity index is 2.26. The molecule has 2 atom stereocenters. The van der Waals surface area contributed by atoms with Crippen molar-refractivity contribution in [2.24, 2.45) is 0 Å². The molecule has 0 bridgehead atoms. The third-order valence-electron chi connectivity index (χ3n) is 4.56. The number of hydrogen-bond donors (Lipinski definition) is 2. The van der Waals surface area contributed by atoms with Gasteiger partial charge in [0.15, 0.2) is 9.84 Å². The third-order valence-corrected chi connectivity index (χ3v) is 6.60. The van der Waals surface area contributed by atoms with Gasteiger partial charge in [-0.1, -0.05) is 43.3 Å². The van der Waals surface area contributed by atoms with Gasteiger partial charge in [-0.25, -0.2) is 8.42 Å². The van der Waals surface area contributed by atoms with E-state index in [9.17, 15) is 13.5 Å². The molecule has 0 saturated heterocycles. The molecule has 2 unspecified atom stereocenters. The molecule has 0 radical (unpaired) electrons. The van der Waals surface area contributed by atoms with Crippen molar-refractivity contribution in [1.82, 2.24) is 5.32 Å². The average Bonchev–Trinajstić information content (AvgIpc) is 2.61. The zero-order valence-electron chi connectivity index (χ0n) is 13.3. The van der Waals surface area contributed by atoms with E-state index in [1.807, 2.05) is 44.2 Å². The fourth-order valence-corrected chi connectivity index (χ4v) is 5.24. The summed E-state index contributed by atoms with van der Waals surface area (Å²) in [7, 11) is -3.48. The van der Waals surface area contributed by atoms with Crippen molar-refractivity contribution in [3.8, 4) is 5.75 Å². The highest BCUT2D eigenvalue weighted by Gasteiger charge is 2.39. The highest BCUT2D eigenvalue weighted by molar-refractivity contribution is 7.91. The van der Waals surface area contributed by atoms with Crippen molar-refractivity contribution < 1.29 is 13.5 Å². The largest absolute Gasteiger partial charge is 0.508 e. The lowest BCUT2D eigenvalue weighted by Crippen LogP contribution is -2.47. The van der Waals surface area contributed by atoms with Crippen LogP contribution in [-0.2, 0) is 9.84 Å². The van der Waals surface area contributed by atoms with Gasteiger partial charge in [-0.3, -0.25) is 5.32 Å². The van der Waals surface area contributed by atoms with Gasteiger partial charge in [-0.2, -0.15) is 0 Å². The van der Waals surface area contributed by atoms with Gasteiger partial charge in [0.1, 0.15) is 5.75 Å². The van der Waals surface area contributed by atoms with Gasteiger partial charge in [0, 0.05) is 5.54 Å². The number of hydrogen-bond acceptors (Lipinski definition) is 4. The Labute approximate surface area is 137 Å².